The second-order valence-corrected chi connectivity index (χ2v) is 5.94. The van der Waals surface area contributed by atoms with E-state index in [0.29, 0.717) is 5.92 Å². The number of rotatable bonds is 5. The Morgan fingerprint density at radius 2 is 1.89 bits per heavy atom. The largest absolute Gasteiger partial charge is 0.370 e. The van der Waals surface area contributed by atoms with Crippen LogP contribution in [0.5, 0.6) is 0 Å². The van der Waals surface area contributed by atoms with Crippen LogP contribution >= 0.6 is 0 Å². The van der Waals surface area contributed by atoms with E-state index in [0.717, 1.165) is 37.4 Å². The summed E-state index contributed by atoms with van der Waals surface area (Å²) >= 11 is 0. The van der Waals surface area contributed by atoms with Gasteiger partial charge in [0.15, 0.2) is 0 Å². The van der Waals surface area contributed by atoms with Gasteiger partial charge in [-0.3, -0.25) is 0 Å². The molecule has 0 aliphatic heterocycles. The molecular formula is C16H27N3. The lowest BCUT2D eigenvalue weighted by molar-refractivity contribution is 0.573. The van der Waals surface area contributed by atoms with Gasteiger partial charge in [0.2, 0.25) is 0 Å². The van der Waals surface area contributed by atoms with Gasteiger partial charge in [0, 0.05) is 24.2 Å². The van der Waals surface area contributed by atoms with Gasteiger partial charge in [0.05, 0.1) is 0 Å². The van der Waals surface area contributed by atoms with E-state index in [4.69, 9.17) is 9.97 Å². The molecule has 0 atom stereocenters. The molecule has 0 aromatic carbocycles. The van der Waals surface area contributed by atoms with Gasteiger partial charge in [-0.25, -0.2) is 9.97 Å². The van der Waals surface area contributed by atoms with Crippen molar-refractivity contribution in [1.82, 2.24) is 9.97 Å². The maximum absolute atomic E-state index is 4.84. The number of nitrogens with zero attached hydrogens (tertiary/aromatic N) is 2. The number of fused-ring (bicyclic) bond motifs is 1. The Bertz CT molecular complexity index is 413. The van der Waals surface area contributed by atoms with E-state index < -0.39 is 0 Å². The Labute approximate surface area is 117 Å². The Morgan fingerprint density at radius 3 is 2.63 bits per heavy atom. The minimum absolute atomic E-state index is 0.713. The molecule has 0 saturated carbocycles. The maximum Gasteiger partial charge on any atom is 0.133 e. The molecule has 0 fully saturated rings. The van der Waals surface area contributed by atoms with E-state index in [9.17, 15) is 0 Å². The average Bonchev–Trinajstić information content (AvgIpc) is 2.62. The average molecular weight is 261 g/mol. The van der Waals surface area contributed by atoms with Crippen molar-refractivity contribution in [3.8, 4) is 0 Å². The fourth-order valence-electron chi connectivity index (χ4n) is 2.67. The van der Waals surface area contributed by atoms with Gasteiger partial charge in [-0.2, -0.15) is 0 Å². The Balaban J connectivity index is 2.26. The van der Waals surface area contributed by atoms with Gasteiger partial charge in [0.1, 0.15) is 11.6 Å². The van der Waals surface area contributed by atoms with Crippen LogP contribution < -0.4 is 5.32 Å². The summed E-state index contributed by atoms with van der Waals surface area (Å²) in [5.74, 6) is 2.85. The molecule has 0 radical (unpaired) electrons. The monoisotopic (exact) mass is 261 g/mol. The Kier molecular flexibility index (Phi) is 5.17. The summed E-state index contributed by atoms with van der Waals surface area (Å²) in [6.45, 7) is 7.59. The predicted octanol–water partition coefficient (Wildman–Crippen LogP) is 3.77. The summed E-state index contributed by atoms with van der Waals surface area (Å²) in [6.07, 6.45) is 8.32. The first-order chi connectivity index (χ1) is 9.20. The van der Waals surface area contributed by atoms with Crippen LogP contribution in [-0.4, -0.2) is 16.5 Å². The Morgan fingerprint density at radius 1 is 1.11 bits per heavy atom. The maximum atomic E-state index is 4.84. The van der Waals surface area contributed by atoms with Crippen molar-refractivity contribution in [3.05, 3.63) is 17.1 Å². The van der Waals surface area contributed by atoms with Gasteiger partial charge >= 0.3 is 0 Å². The van der Waals surface area contributed by atoms with Crippen LogP contribution in [0.15, 0.2) is 0 Å². The van der Waals surface area contributed by atoms with Gasteiger partial charge < -0.3 is 5.32 Å². The molecule has 1 aromatic heterocycles. The van der Waals surface area contributed by atoms with Crippen molar-refractivity contribution in [3.63, 3.8) is 0 Å². The highest BCUT2D eigenvalue weighted by Gasteiger charge is 2.16. The van der Waals surface area contributed by atoms with Crippen molar-refractivity contribution < 1.29 is 0 Å². The van der Waals surface area contributed by atoms with Crippen LogP contribution in [0, 0.1) is 5.92 Å². The quantitative estimate of drug-likeness (QED) is 0.820. The first-order valence-corrected chi connectivity index (χ1v) is 7.83. The van der Waals surface area contributed by atoms with E-state index in [1.54, 1.807) is 0 Å². The fourth-order valence-corrected chi connectivity index (χ4v) is 2.67. The van der Waals surface area contributed by atoms with Crippen LogP contribution in [-0.2, 0) is 19.3 Å². The second-order valence-electron chi connectivity index (χ2n) is 5.94. The minimum atomic E-state index is 0.713. The lowest BCUT2D eigenvalue weighted by Gasteiger charge is -2.14. The number of aryl methyl sites for hydroxylation is 2. The van der Waals surface area contributed by atoms with Crippen LogP contribution in [0.25, 0.3) is 0 Å². The molecular weight excluding hydrogens is 234 g/mol. The first-order valence-electron chi connectivity index (χ1n) is 7.83. The number of nitrogens with one attached hydrogen (secondary N) is 1. The summed E-state index contributed by atoms with van der Waals surface area (Å²) in [4.78, 5) is 9.60. The summed E-state index contributed by atoms with van der Waals surface area (Å²) < 4.78 is 0. The van der Waals surface area contributed by atoms with Gasteiger partial charge in [0.25, 0.3) is 0 Å². The molecule has 19 heavy (non-hydrogen) atoms. The smallest absolute Gasteiger partial charge is 0.133 e. The van der Waals surface area contributed by atoms with Crippen LogP contribution in [0.4, 0.5) is 5.82 Å². The molecule has 3 nitrogen and oxygen atoms in total. The zero-order valence-corrected chi connectivity index (χ0v) is 12.6. The number of aromatic nitrogens is 2. The second kappa shape index (κ2) is 6.88. The SMILES string of the molecule is CCNc1nc(CCC(C)C)nc2c1CCCCC2. The number of hydrogen-bond acceptors (Lipinski definition) is 3. The molecule has 0 unspecified atom stereocenters. The highest BCUT2D eigenvalue weighted by Crippen LogP contribution is 2.25. The Hall–Kier alpha value is -1.12. The molecule has 3 heteroatoms. The molecule has 0 spiro atoms. The topological polar surface area (TPSA) is 37.8 Å². The van der Waals surface area contributed by atoms with Crippen molar-refractivity contribution in [1.29, 1.82) is 0 Å². The van der Waals surface area contributed by atoms with Gasteiger partial charge in [-0.15, -0.1) is 0 Å². The third-order valence-electron chi connectivity index (χ3n) is 3.77. The van der Waals surface area contributed by atoms with E-state index in [2.05, 4.69) is 26.1 Å². The molecule has 1 N–H and O–H groups in total. The van der Waals surface area contributed by atoms with E-state index in [1.165, 1.54) is 36.9 Å². The number of anilines is 1. The highest BCUT2D eigenvalue weighted by atomic mass is 15.0. The third kappa shape index (κ3) is 3.92. The normalized spacial score (nSPS) is 15.2. The van der Waals surface area contributed by atoms with Gasteiger partial charge in [-0.05, 0) is 44.9 Å². The van der Waals surface area contributed by atoms with Crippen molar-refractivity contribution >= 4 is 5.82 Å². The summed E-state index contributed by atoms with van der Waals surface area (Å²) in [7, 11) is 0. The zero-order chi connectivity index (χ0) is 13.7. The van der Waals surface area contributed by atoms with Crippen LogP contribution in [0.1, 0.15) is 63.5 Å². The first kappa shape index (κ1) is 14.3. The lowest BCUT2D eigenvalue weighted by Crippen LogP contribution is -2.11. The predicted molar refractivity (Wildman–Crippen MR) is 80.6 cm³/mol. The fraction of sp³-hybridized carbons (Fsp3) is 0.750. The summed E-state index contributed by atoms with van der Waals surface area (Å²) in [6, 6.07) is 0. The van der Waals surface area contributed by atoms with Crippen molar-refractivity contribution in [2.24, 2.45) is 5.92 Å². The molecule has 1 heterocycles. The minimum Gasteiger partial charge on any atom is -0.370 e. The van der Waals surface area contributed by atoms with Gasteiger partial charge in [-0.1, -0.05) is 20.3 Å². The molecule has 1 aliphatic rings. The number of hydrogen-bond donors (Lipinski definition) is 1. The lowest BCUT2D eigenvalue weighted by atomic mass is 10.1. The molecule has 0 saturated heterocycles. The summed E-state index contributed by atoms with van der Waals surface area (Å²) in [5.41, 5.74) is 2.69. The van der Waals surface area contributed by atoms with E-state index >= 15 is 0 Å². The molecule has 106 valence electrons. The standard InChI is InChI=1S/C16H27N3/c1-4-17-16-13-8-6-5-7-9-14(13)18-15(19-16)11-10-12(2)3/h12H,4-11H2,1-3H3,(H,17,18,19). The molecule has 1 aliphatic carbocycles. The third-order valence-corrected chi connectivity index (χ3v) is 3.77. The molecule has 0 amide bonds. The van der Waals surface area contributed by atoms with Crippen LogP contribution in [0.3, 0.4) is 0 Å². The molecule has 1 aromatic rings. The highest BCUT2D eigenvalue weighted by molar-refractivity contribution is 5.47. The van der Waals surface area contributed by atoms with Crippen molar-refractivity contribution in [2.75, 3.05) is 11.9 Å². The zero-order valence-electron chi connectivity index (χ0n) is 12.6. The van der Waals surface area contributed by atoms with E-state index in [-0.39, 0.29) is 0 Å². The molecule has 0 bridgehead atoms. The van der Waals surface area contributed by atoms with Crippen molar-refractivity contribution in [2.45, 2.75) is 65.7 Å². The van der Waals surface area contributed by atoms with E-state index in [1.807, 2.05) is 0 Å². The summed E-state index contributed by atoms with van der Waals surface area (Å²) in [5, 5.41) is 3.44. The molecule has 2 rings (SSSR count). The van der Waals surface area contributed by atoms with Crippen LogP contribution in [0.2, 0.25) is 0 Å².